The third-order valence-electron chi connectivity index (χ3n) is 7.74. The molecule has 8 nitrogen and oxygen atoms in total. The first-order valence-electron chi connectivity index (χ1n) is 12.8. The number of benzene rings is 1. The molecule has 3 amide bonds. The number of phenols is 1. The zero-order valence-electron chi connectivity index (χ0n) is 21.7. The number of amides is 3. The molecule has 0 radical (unpaired) electrons. The first-order valence-corrected chi connectivity index (χ1v) is 13.9. The zero-order valence-corrected chi connectivity index (χ0v) is 23.9. The molecule has 1 aliphatic carbocycles. The van der Waals surface area contributed by atoms with E-state index in [0.29, 0.717) is 23.7 Å². The predicted octanol–water partition coefficient (Wildman–Crippen LogP) is 5.46. The van der Waals surface area contributed by atoms with Crippen LogP contribution in [0, 0.1) is 21.3 Å². The van der Waals surface area contributed by atoms with Gasteiger partial charge in [0.25, 0.3) is 0 Å². The van der Waals surface area contributed by atoms with Gasteiger partial charge in [-0.1, -0.05) is 37.5 Å². The van der Waals surface area contributed by atoms with E-state index in [-0.39, 0.29) is 17.8 Å². The Morgan fingerprint density at radius 3 is 2.62 bits per heavy atom. The average molecular weight is 623 g/mol. The van der Waals surface area contributed by atoms with Gasteiger partial charge in [0.2, 0.25) is 11.8 Å². The molecule has 0 bridgehead atoms. The minimum atomic E-state index is -0.906. The lowest BCUT2D eigenvalue weighted by molar-refractivity contribution is -0.137. The van der Waals surface area contributed by atoms with Gasteiger partial charge in [0.05, 0.1) is 42.3 Å². The number of likely N-dealkylation sites (tertiary alicyclic amines) is 1. The van der Waals surface area contributed by atoms with Crippen LogP contribution in [0.3, 0.4) is 0 Å². The fraction of sp³-hybridized carbons (Fsp3) is 0.536. The number of methoxy groups -OCH3 is 2. The van der Waals surface area contributed by atoms with E-state index in [1.165, 1.54) is 25.4 Å². The molecule has 2 heterocycles. The lowest BCUT2D eigenvalue weighted by atomic mass is 9.68. The minimum Gasteiger partial charge on any atom is -0.504 e. The molecule has 0 saturated carbocycles. The number of aromatic hydroxyl groups is 1. The third kappa shape index (κ3) is 5.16. The molecular weight excluding hydrogens is 589 g/mol. The molecule has 2 aliphatic heterocycles. The predicted molar refractivity (Wildman–Crippen MR) is 146 cm³/mol. The maximum absolute atomic E-state index is 13.2. The van der Waals surface area contributed by atoms with Crippen LogP contribution >= 0.6 is 22.6 Å². The van der Waals surface area contributed by atoms with Crippen LogP contribution in [0.5, 0.6) is 11.5 Å². The summed E-state index contributed by atoms with van der Waals surface area (Å²) in [6.07, 6.45) is 5.81. The summed E-state index contributed by atoms with van der Waals surface area (Å²) in [6, 6.07) is 3.75. The Bertz CT molecular complexity index is 1160. The number of ether oxygens (including phenoxy) is 3. The Kier molecular flexibility index (Phi) is 8.63. The number of imide groups is 3. The number of fused-ring (bicyclic) bond motifs is 3. The number of hydrogen-bond acceptors (Lipinski definition) is 7. The molecule has 9 heteroatoms. The summed E-state index contributed by atoms with van der Waals surface area (Å²) in [6.45, 7) is 4.60. The van der Waals surface area contributed by atoms with Crippen molar-refractivity contribution in [1.82, 2.24) is 4.90 Å². The highest BCUT2D eigenvalue weighted by Crippen LogP contribution is 2.50. The normalized spacial score (nSPS) is 25.4. The molecule has 0 unspecified atom stereocenters. The molecule has 0 spiro atoms. The summed E-state index contributed by atoms with van der Waals surface area (Å²) < 4.78 is 17.0. The van der Waals surface area contributed by atoms with Crippen molar-refractivity contribution in [3.63, 3.8) is 0 Å². The van der Waals surface area contributed by atoms with Gasteiger partial charge >= 0.3 is 6.09 Å². The van der Waals surface area contributed by atoms with Gasteiger partial charge in [-0.15, -0.1) is 0 Å². The van der Waals surface area contributed by atoms with Crippen LogP contribution in [0.4, 0.5) is 4.79 Å². The molecule has 3 aliphatic rings. The Hall–Kier alpha value is -2.40. The van der Waals surface area contributed by atoms with E-state index in [1.54, 1.807) is 0 Å². The SMILES string of the molecule is CCCC1=C2[C@@H](CC/C(=C/c3cc(I)c(O)c(OC)c3)CC)OC[C@@H]2[C@@H]2C(=O)N(C(=O)OC)C(=O)[C@@H]2C1. The first-order chi connectivity index (χ1) is 17.7. The van der Waals surface area contributed by atoms with Gasteiger partial charge in [0.1, 0.15) is 0 Å². The minimum absolute atomic E-state index is 0.119. The Balaban J connectivity index is 1.56. The second-order valence-corrected chi connectivity index (χ2v) is 11.0. The quantitative estimate of drug-likeness (QED) is 0.233. The number of phenolic OH excluding ortho intramolecular Hbond substituents is 1. The Morgan fingerprint density at radius 1 is 1.22 bits per heavy atom. The van der Waals surface area contributed by atoms with Crippen molar-refractivity contribution in [2.45, 2.75) is 58.5 Å². The molecule has 37 heavy (non-hydrogen) atoms. The monoisotopic (exact) mass is 623 g/mol. The van der Waals surface area contributed by atoms with E-state index in [0.717, 1.165) is 46.8 Å². The van der Waals surface area contributed by atoms with Gasteiger partial charge in [-0.3, -0.25) is 9.59 Å². The second-order valence-electron chi connectivity index (χ2n) is 9.80. The fourth-order valence-corrected chi connectivity index (χ4v) is 6.64. The van der Waals surface area contributed by atoms with Gasteiger partial charge < -0.3 is 19.3 Å². The van der Waals surface area contributed by atoms with E-state index >= 15 is 0 Å². The van der Waals surface area contributed by atoms with E-state index in [9.17, 15) is 19.5 Å². The number of nitrogens with zero attached hydrogens (tertiary/aromatic N) is 1. The number of carbonyl (C=O) groups is 3. The Labute approximate surface area is 231 Å². The van der Waals surface area contributed by atoms with E-state index in [4.69, 9.17) is 14.2 Å². The van der Waals surface area contributed by atoms with Crippen LogP contribution in [0.1, 0.15) is 57.9 Å². The van der Waals surface area contributed by atoms with Crippen molar-refractivity contribution in [2.75, 3.05) is 20.8 Å². The molecule has 1 N–H and O–H groups in total. The van der Waals surface area contributed by atoms with Crippen molar-refractivity contribution in [3.05, 3.63) is 38.0 Å². The van der Waals surface area contributed by atoms with Gasteiger partial charge in [0, 0.05) is 5.92 Å². The van der Waals surface area contributed by atoms with Crippen molar-refractivity contribution >= 4 is 46.6 Å². The van der Waals surface area contributed by atoms with E-state index in [2.05, 4.69) is 42.5 Å². The largest absolute Gasteiger partial charge is 0.504 e. The highest BCUT2D eigenvalue weighted by atomic mass is 127. The highest BCUT2D eigenvalue weighted by Gasteiger charge is 2.58. The van der Waals surface area contributed by atoms with Crippen molar-refractivity contribution < 1.29 is 33.7 Å². The van der Waals surface area contributed by atoms with Crippen LogP contribution in [0.2, 0.25) is 0 Å². The lowest BCUT2D eigenvalue weighted by Gasteiger charge is -2.31. The zero-order chi connectivity index (χ0) is 26.9. The number of carbonyl (C=O) groups excluding carboxylic acids is 3. The second kappa shape index (κ2) is 11.6. The molecule has 1 aromatic rings. The summed E-state index contributed by atoms with van der Waals surface area (Å²) in [5, 5.41) is 10.2. The number of hydrogen-bond donors (Lipinski definition) is 1. The maximum Gasteiger partial charge on any atom is 0.423 e. The topological polar surface area (TPSA) is 102 Å². The van der Waals surface area contributed by atoms with Gasteiger partial charge in [0.15, 0.2) is 11.5 Å². The molecule has 2 saturated heterocycles. The third-order valence-corrected chi connectivity index (χ3v) is 8.56. The van der Waals surface area contributed by atoms with Crippen LogP contribution in [-0.4, -0.2) is 54.8 Å². The van der Waals surface area contributed by atoms with E-state index < -0.39 is 29.7 Å². The van der Waals surface area contributed by atoms with E-state index in [1.807, 2.05) is 12.1 Å². The first kappa shape index (κ1) is 27.6. The molecule has 200 valence electrons. The van der Waals surface area contributed by atoms with Gasteiger partial charge in [-0.05, 0) is 78.0 Å². The van der Waals surface area contributed by atoms with Crippen molar-refractivity contribution in [3.8, 4) is 11.5 Å². The summed E-state index contributed by atoms with van der Waals surface area (Å²) in [7, 11) is 2.72. The molecule has 4 atom stereocenters. The smallest absolute Gasteiger partial charge is 0.423 e. The fourth-order valence-electron chi connectivity index (χ4n) is 6.02. The number of allylic oxidation sites excluding steroid dienone is 2. The van der Waals surface area contributed by atoms with Crippen LogP contribution in [0.25, 0.3) is 6.08 Å². The molecular formula is C28H34INO7. The molecule has 0 aromatic heterocycles. The van der Waals surface area contributed by atoms with Crippen LogP contribution in [-0.2, 0) is 19.1 Å². The van der Waals surface area contributed by atoms with Crippen LogP contribution < -0.4 is 4.74 Å². The van der Waals surface area contributed by atoms with Crippen LogP contribution in [0.15, 0.2) is 28.9 Å². The lowest BCUT2D eigenvalue weighted by Crippen LogP contribution is -2.38. The Morgan fingerprint density at radius 2 is 1.97 bits per heavy atom. The van der Waals surface area contributed by atoms with Crippen molar-refractivity contribution in [2.24, 2.45) is 17.8 Å². The van der Waals surface area contributed by atoms with Gasteiger partial charge in [-0.25, -0.2) is 4.79 Å². The standard InChI is InChI=1S/C28H34INO7/c1-5-7-17-13-18-24(27(33)30(26(18)32)28(34)36-4)19-14-37-21(23(17)19)9-8-15(6-2)10-16-11-20(29)25(31)22(12-16)35-3/h10-12,18-19,21,24,31H,5-9,13-14H2,1-4H3/b15-10+/t18-,19+,21-,24-/m1/s1. The van der Waals surface area contributed by atoms with Gasteiger partial charge in [-0.2, -0.15) is 4.90 Å². The summed E-state index contributed by atoms with van der Waals surface area (Å²) >= 11 is 2.09. The highest BCUT2D eigenvalue weighted by molar-refractivity contribution is 14.1. The molecule has 1 aromatic carbocycles. The number of halogens is 1. The van der Waals surface area contributed by atoms with Crippen molar-refractivity contribution in [1.29, 1.82) is 0 Å². The average Bonchev–Trinajstić information content (AvgIpc) is 3.42. The molecule has 4 rings (SSSR count). The number of rotatable bonds is 8. The summed E-state index contributed by atoms with van der Waals surface area (Å²) in [5.41, 5.74) is 4.56. The molecule has 2 fully saturated rings. The maximum atomic E-state index is 13.2. The summed E-state index contributed by atoms with van der Waals surface area (Å²) in [4.78, 5) is 39.0. The summed E-state index contributed by atoms with van der Waals surface area (Å²) in [5.74, 6) is -1.61.